The molecule has 1 saturated carbocycles. The summed E-state index contributed by atoms with van der Waals surface area (Å²) in [5.74, 6) is 0.784. The van der Waals surface area contributed by atoms with Crippen molar-refractivity contribution in [3.05, 3.63) is 0 Å². The van der Waals surface area contributed by atoms with Crippen LogP contribution in [0.5, 0.6) is 0 Å². The molecule has 0 unspecified atom stereocenters. The van der Waals surface area contributed by atoms with Crippen molar-refractivity contribution in [1.82, 2.24) is 0 Å². The van der Waals surface area contributed by atoms with Gasteiger partial charge in [-0.05, 0) is 24.5 Å². The van der Waals surface area contributed by atoms with Gasteiger partial charge in [0, 0.05) is 5.75 Å². The first kappa shape index (κ1) is 10.2. The minimum Gasteiger partial charge on any atom is -0.237 e. The third kappa shape index (κ3) is 3.65. The monoisotopic (exact) mass is 202 g/mol. The maximum Gasteiger partial charge on any atom is 0.420 e. The van der Waals surface area contributed by atoms with E-state index < -0.39 is 18.1 Å². The van der Waals surface area contributed by atoms with E-state index in [1.165, 1.54) is 0 Å². The first-order chi connectivity index (χ1) is 5.50. The minimum atomic E-state index is -4.67. The fraction of sp³-hybridized carbons (Fsp3) is 1.00. The fourth-order valence-electron chi connectivity index (χ4n) is 0.717. The zero-order valence-electron chi connectivity index (χ0n) is 6.40. The molecule has 0 aromatic carbocycles. The van der Waals surface area contributed by atoms with Crippen molar-refractivity contribution in [2.75, 3.05) is 11.5 Å². The normalized spacial score (nSPS) is 21.0. The van der Waals surface area contributed by atoms with Gasteiger partial charge in [0.05, 0.1) is 0 Å². The van der Waals surface area contributed by atoms with E-state index in [2.05, 4.69) is 0 Å². The molecule has 1 aliphatic carbocycles. The van der Waals surface area contributed by atoms with E-state index in [4.69, 9.17) is 0 Å². The van der Waals surface area contributed by atoms with E-state index in [1.54, 1.807) is 0 Å². The van der Waals surface area contributed by atoms with Gasteiger partial charge < -0.3 is 0 Å². The third-order valence-corrected chi connectivity index (χ3v) is 2.91. The lowest BCUT2D eigenvalue weighted by atomic mass is 10.4. The van der Waals surface area contributed by atoms with Gasteiger partial charge in [0.25, 0.3) is 0 Å². The van der Waals surface area contributed by atoms with Gasteiger partial charge in [-0.15, -0.1) is 0 Å². The van der Waals surface area contributed by atoms with Crippen LogP contribution in [0.1, 0.15) is 12.8 Å². The van der Waals surface area contributed by atoms with Crippen molar-refractivity contribution in [3.8, 4) is 0 Å². The highest BCUT2D eigenvalue weighted by atomic mass is 32.2. The summed E-state index contributed by atoms with van der Waals surface area (Å²) in [6, 6.07) is 0. The van der Waals surface area contributed by atoms with Gasteiger partial charge in [-0.3, -0.25) is 0 Å². The molecule has 1 fully saturated rings. The molecule has 1 atom stereocenters. The van der Waals surface area contributed by atoms with Crippen molar-refractivity contribution < 1.29 is 17.6 Å². The Morgan fingerprint density at radius 2 is 1.92 bits per heavy atom. The summed E-state index contributed by atoms with van der Waals surface area (Å²) in [4.78, 5) is 0. The Labute approximate surface area is 72.7 Å². The Bertz CT molecular complexity index is 141. The molecule has 0 aliphatic heterocycles. The molecular weight excluding hydrogens is 192 g/mol. The molecule has 72 valence electrons. The second-order valence-corrected chi connectivity index (χ2v) is 4.06. The molecule has 0 N–H and O–H groups in total. The van der Waals surface area contributed by atoms with Crippen LogP contribution < -0.4 is 0 Å². The molecule has 5 heteroatoms. The van der Waals surface area contributed by atoms with Gasteiger partial charge in [-0.25, -0.2) is 4.39 Å². The first-order valence-electron chi connectivity index (χ1n) is 3.78. The average molecular weight is 202 g/mol. The number of hydrogen-bond donors (Lipinski definition) is 0. The van der Waals surface area contributed by atoms with E-state index in [-0.39, 0.29) is 0 Å². The van der Waals surface area contributed by atoms with Gasteiger partial charge in [0.2, 0.25) is 6.17 Å². The van der Waals surface area contributed by atoms with Crippen LogP contribution in [0.3, 0.4) is 0 Å². The zero-order valence-corrected chi connectivity index (χ0v) is 7.22. The lowest BCUT2D eigenvalue weighted by molar-refractivity contribution is -0.173. The standard InChI is InChI=1S/C7H10F4S/c8-6(7(9,10)11)4-12-3-5-1-2-5/h5-6H,1-4H2/t6-/m0/s1. The molecule has 0 aromatic heterocycles. The number of alkyl halides is 4. The molecule has 1 rings (SSSR count). The van der Waals surface area contributed by atoms with E-state index in [9.17, 15) is 17.6 Å². The lowest BCUT2D eigenvalue weighted by Gasteiger charge is -2.10. The van der Waals surface area contributed by atoms with Crippen LogP contribution in [0.4, 0.5) is 17.6 Å². The van der Waals surface area contributed by atoms with Crippen molar-refractivity contribution in [2.45, 2.75) is 25.2 Å². The minimum absolute atomic E-state index is 0.444. The highest BCUT2D eigenvalue weighted by Crippen LogP contribution is 2.34. The molecule has 0 heterocycles. The molecule has 0 bridgehead atoms. The second kappa shape index (κ2) is 3.85. The quantitative estimate of drug-likeness (QED) is 0.631. The van der Waals surface area contributed by atoms with E-state index in [0.29, 0.717) is 11.7 Å². The average Bonchev–Trinajstić information content (AvgIpc) is 2.69. The molecule has 1 aliphatic rings. The molecule has 0 saturated heterocycles. The van der Waals surface area contributed by atoms with Crippen LogP contribution in [-0.4, -0.2) is 23.9 Å². The Balaban J connectivity index is 2.04. The smallest absolute Gasteiger partial charge is 0.237 e. The maximum atomic E-state index is 12.2. The van der Waals surface area contributed by atoms with E-state index >= 15 is 0 Å². The predicted molar refractivity (Wildman–Crippen MR) is 41.0 cm³/mol. The molecule has 0 radical (unpaired) electrons. The van der Waals surface area contributed by atoms with Crippen molar-refractivity contribution >= 4 is 11.8 Å². The molecule has 12 heavy (non-hydrogen) atoms. The maximum absolute atomic E-state index is 12.2. The molecule has 0 spiro atoms. The number of halogens is 4. The van der Waals surface area contributed by atoms with Gasteiger partial charge in [-0.2, -0.15) is 24.9 Å². The second-order valence-electron chi connectivity index (χ2n) is 2.99. The van der Waals surface area contributed by atoms with Crippen LogP contribution in [0.25, 0.3) is 0 Å². The summed E-state index contributed by atoms with van der Waals surface area (Å²) in [7, 11) is 0. The summed E-state index contributed by atoms with van der Waals surface area (Å²) in [5, 5.41) is 0. The first-order valence-corrected chi connectivity index (χ1v) is 4.94. The summed E-state index contributed by atoms with van der Waals surface area (Å²) < 4.78 is 47.0. The zero-order chi connectivity index (χ0) is 9.19. The Morgan fingerprint density at radius 1 is 1.33 bits per heavy atom. The lowest BCUT2D eigenvalue weighted by Crippen LogP contribution is -2.26. The summed E-state index contributed by atoms with van der Waals surface area (Å²) in [5.41, 5.74) is 0. The molecular formula is C7H10F4S. The van der Waals surface area contributed by atoms with E-state index in [1.807, 2.05) is 0 Å². The van der Waals surface area contributed by atoms with Crippen molar-refractivity contribution in [2.24, 2.45) is 5.92 Å². The predicted octanol–water partition coefficient (Wildman–Crippen LogP) is 3.03. The van der Waals surface area contributed by atoms with Crippen LogP contribution in [0, 0.1) is 5.92 Å². The Hall–Kier alpha value is 0.0700. The van der Waals surface area contributed by atoms with Crippen LogP contribution in [-0.2, 0) is 0 Å². The summed E-state index contributed by atoms with van der Waals surface area (Å²) in [6.45, 7) is 0. The molecule has 0 nitrogen and oxygen atoms in total. The van der Waals surface area contributed by atoms with Crippen molar-refractivity contribution in [1.29, 1.82) is 0 Å². The number of thioether (sulfide) groups is 1. The number of rotatable bonds is 4. The Morgan fingerprint density at radius 3 is 2.33 bits per heavy atom. The largest absolute Gasteiger partial charge is 0.420 e. The van der Waals surface area contributed by atoms with Gasteiger partial charge >= 0.3 is 6.18 Å². The van der Waals surface area contributed by atoms with Crippen LogP contribution in [0.2, 0.25) is 0 Å². The SMILES string of the molecule is F[C@@H](CSCC1CC1)C(F)(F)F. The summed E-state index contributed by atoms with van der Waals surface area (Å²) >= 11 is 1.06. The van der Waals surface area contributed by atoms with Crippen molar-refractivity contribution in [3.63, 3.8) is 0 Å². The molecule has 0 aromatic rings. The third-order valence-electron chi connectivity index (χ3n) is 1.67. The van der Waals surface area contributed by atoms with Gasteiger partial charge in [0.1, 0.15) is 0 Å². The Kier molecular flexibility index (Phi) is 3.26. The number of hydrogen-bond acceptors (Lipinski definition) is 1. The van der Waals surface area contributed by atoms with E-state index in [0.717, 1.165) is 24.6 Å². The highest BCUT2D eigenvalue weighted by molar-refractivity contribution is 7.99. The summed E-state index contributed by atoms with van der Waals surface area (Å²) in [6.07, 6.45) is -5.14. The van der Waals surface area contributed by atoms with Crippen LogP contribution in [0.15, 0.2) is 0 Å². The highest BCUT2D eigenvalue weighted by Gasteiger charge is 2.40. The van der Waals surface area contributed by atoms with Gasteiger partial charge in [0.15, 0.2) is 0 Å². The topological polar surface area (TPSA) is 0 Å². The molecule has 0 amide bonds. The van der Waals surface area contributed by atoms with Crippen LogP contribution >= 0.6 is 11.8 Å². The van der Waals surface area contributed by atoms with Gasteiger partial charge in [-0.1, -0.05) is 0 Å². The fourth-order valence-corrected chi connectivity index (χ4v) is 1.92.